The van der Waals surface area contributed by atoms with Crippen LogP contribution in [-0.4, -0.2) is 43.8 Å². The fourth-order valence-corrected chi connectivity index (χ4v) is 5.65. The summed E-state index contributed by atoms with van der Waals surface area (Å²) in [6, 6.07) is 19.9. The number of nitrogens with one attached hydrogen (secondary N) is 1. The van der Waals surface area contributed by atoms with E-state index in [0.29, 0.717) is 12.3 Å². The maximum atomic E-state index is 13.1. The molecule has 0 saturated carbocycles. The molecule has 202 valence electrons. The highest BCUT2D eigenvalue weighted by molar-refractivity contribution is 7.89. The molecule has 1 heterocycles. The van der Waals surface area contributed by atoms with Crippen molar-refractivity contribution in [3.8, 4) is 23.3 Å². The molecule has 0 aliphatic heterocycles. The second kappa shape index (κ2) is 12.1. The molecule has 0 aliphatic carbocycles. The van der Waals surface area contributed by atoms with Gasteiger partial charge in [-0.2, -0.15) is 4.72 Å². The molecule has 0 unspecified atom stereocenters. The molecule has 0 radical (unpaired) electrons. The monoisotopic (exact) mass is 546 g/mol. The fourth-order valence-electron chi connectivity index (χ4n) is 4.46. The van der Waals surface area contributed by atoms with Crippen molar-refractivity contribution >= 4 is 26.9 Å². The molecule has 2 N–H and O–H groups in total. The Morgan fingerprint density at radius 2 is 1.79 bits per heavy atom. The van der Waals surface area contributed by atoms with Gasteiger partial charge in [0.05, 0.1) is 12.0 Å². The molecule has 0 fully saturated rings. The van der Waals surface area contributed by atoms with Crippen molar-refractivity contribution in [3.05, 3.63) is 89.6 Å². The van der Waals surface area contributed by atoms with Gasteiger partial charge in [0.25, 0.3) is 0 Å². The summed E-state index contributed by atoms with van der Waals surface area (Å²) in [4.78, 5) is 12.2. The molecular weight excluding hydrogens is 516 g/mol. The Kier molecular flexibility index (Phi) is 8.59. The first kappa shape index (κ1) is 27.8. The number of hydrogen-bond acceptors (Lipinski definition) is 5. The molecule has 1 aromatic heterocycles. The summed E-state index contributed by atoms with van der Waals surface area (Å²) in [5.41, 5.74) is 3.59. The van der Waals surface area contributed by atoms with Crippen LogP contribution in [-0.2, 0) is 27.8 Å². The van der Waals surface area contributed by atoms with Gasteiger partial charge < -0.3 is 19.1 Å². The van der Waals surface area contributed by atoms with Crippen LogP contribution in [0.3, 0.4) is 0 Å². The fraction of sp³-hybridized carbons (Fsp3) is 0.233. The number of carboxylic acid groups (broad SMARTS) is 1. The predicted octanol–water partition coefficient (Wildman–Crippen LogP) is 4.38. The van der Waals surface area contributed by atoms with Gasteiger partial charge in [0.15, 0.2) is 0 Å². The number of hydrogen-bond donors (Lipinski definition) is 2. The Morgan fingerprint density at radius 1 is 1.05 bits per heavy atom. The van der Waals surface area contributed by atoms with Crippen LogP contribution in [0.2, 0.25) is 0 Å². The average Bonchev–Trinajstić information content (AvgIpc) is 3.19. The lowest BCUT2D eigenvalue weighted by molar-refractivity contribution is -0.138. The van der Waals surface area contributed by atoms with E-state index >= 15 is 0 Å². The zero-order chi connectivity index (χ0) is 28.0. The summed E-state index contributed by atoms with van der Waals surface area (Å²) in [6.45, 7) is 4.35. The van der Waals surface area contributed by atoms with Crippen LogP contribution in [0.15, 0.2) is 77.7 Å². The van der Waals surface area contributed by atoms with E-state index < -0.39 is 22.0 Å². The third-order valence-corrected chi connectivity index (χ3v) is 7.95. The first-order chi connectivity index (χ1) is 18.7. The van der Waals surface area contributed by atoms with E-state index in [1.807, 2.05) is 55.5 Å². The number of nitrogens with zero attached hydrogens (tertiary/aromatic N) is 1. The zero-order valence-corrected chi connectivity index (χ0v) is 22.8. The van der Waals surface area contributed by atoms with E-state index in [1.54, 1.807) is 14.0 Å². The number of benzene rings is 3. The molecule has 0 spiro atoms. The largest absolute Gasteiger partial charge is 0.497 e. The summed E-state index contributed by atoms with van der Waals surface area (Å²) in [5.74, 6) is 5.43. The van der Waals surface area contributed by atoms with Gasteiger partial charge in [0.1, 0.15) is 24.1 Å². The second-order valence-corrected chi connectivity index (χ2v) is 10.6. The second-order valence-electron chi connectivity index (χ2n) is 8.92. The Balaban J connectivity index is 1.61. The van der Waals surface area contributed by atoms with Crippen molar-refractivity contribution in [2.75, 3.05) is 13.7 Å². The summed E-state index contributed by atoms with van der Waals surface area (Å²) in [7, 11) is -2.50. The highest BCUT2D eigenvalue weighted by Gasteiger charge is 2.28. The standard InChI is InChI=1S/C30H30N2O6S/c1-4-5-17-38-23-13-15-25(16-14-23)39(35,36)31-28(30(33)34)19-27-21(2)32(29-12-7-6-11-26(27)29)20-22-9-8-10-24(18-22)37-3/h6-16,18,28,31H,17,19-20H2,1-3H3,(H,33,34)/t28-/m0/s1. The van der Waals surface area contributed by atoms with E-state index in [4.69, 9.17) is 9.47 Å². The molecule has 0 aliphatic rings. The van der Waals surface area contributed by atoms with Gasteiger partial charge in [0, 0.05) is 29.6 Å². The smallest absolute Gasteiger partial charge is 0.322 e. The third kappa shape index (κ3) is 6.42. The average molecular weight is 547 g/mol. The van der Waals surface area contributed by atoms with Crippen LogP contribution in [0.5, 0.6) is 11.5 Å². The minimum absolute atomic E-state index is 0.0249. The first-order valence-corrected chi connectivity index (χ1v) is 13.8. The number of aliphatic carboxylic acids is 1. The van der Waals surface area contributed by atoms with Crippen molar-refractivity contribution in [1.29, 1.82) is 0 Å². The molecular formula is C30H30N2O6S. The number of sulfonamides is 1. The van der Waals surface area contributed by atoms with Crippen molar-refractivity contribution in [3.63, 3.8) is 0 Å². The number of fused-ring (bicyclic) bond motifs is 1. The van der Waals surface area contributed by atoms with Gasteiger partial charge in [-0.3, -0.25) is 4.79 Å². The molecule has 1 atom stereocenters. The van der Waals surface area contributed by atoms with Crippen molar-refractivity contribution in [1.82, 2.24) is 9.29 Å². The van der Waals surface area contributed by atoms with Gasteiger partial charge in [-0.05, 0) is 67.4 Å². The number of methoxy groups -OCH3 is 1. The topological polar surface area (TPSA) is 107 Å². The summed E-state index contributed by atoms with van der Waals surface area (Å²) < 4.78 is 41.5. The number of para-hydroxylation sites is 1. The Bertz CT molecular complexity index is 1650. The summed E-state index contributed by atoms with van der Waals surface area (Å²) >= 11 is 0. The molecule has 0 amide bonds. The number of carbonyl (C=O) groups is 1. The van der Waals surface area contributed by atoms with E-state index in [9.17, 15) is 18.3 Å². The number of carboxylic acids is 1. The van der Waals surface area contributed by atoms with Crippen molar-refractivity contribution < 1.29 is 27.8 Å². The molecule has 8 nitrogen and oxygen atoms in total. The highest BCUT2D eigenvalue weighted by Crippen LogP contribution is 2.29. The van der Waals surface area contributed by atoms with Crippen LogP contribution in [0, 0.1) is 18.8 Å². The van der Waals surface area contributed by atoms with E-state index in [-0.39, 0.29) is 17.9 Å². The van der Waals surface area contributed by atoms with Crippen LogP contribution in [0.1, 0.15) is 23.7 Å². The van der Waals surface area contributed by atoms with Gasteiger partial charge in [-0.15, -0.1) is 5.92 Å². The lowest BCUT2D eigenvalue weighted by Crippen LogP contribution is -2.42. The lowest BCUT2D eigenvalue weighted by atomic mass is 10.0. The lowest BCUT2D eigenvalue weighted by Gasteiger charge is -2.16. The van der Waals surface area contributed by atoms with E-state index in [0.717, 1.165) is 33.5 Å². The van der Waals surface area contributed by atoms with E-state index in [1.165, 1.54) is 24.3 Å². The molecule has 39 heavy (non-hydrogen) atoms. The van der Waals surface area contributed by atoms with Crippen LogP contribution in [0.25, 0.3) is 10.9 Å². The van der Waals surface area contributed by atoms with Gasteiger partial charge in [-0.25, -0.2) is 8.42 Å². The highest BCUT2D eigenvalue weighted by atomic mass is 32.2. The third-order valence-electron chi connectivity index (χ3n) is 6.46. The van der Waals surface area contributed by atoms with Crippen molar-refractivity contribution in [2.45, 2.75) is 37.8 Å². The molecule has 0 bridgehead atoms. The quantitative estimate of drug-likeness (QED) is 0.271. The number of rotatable bonds is 11. The van der Waals surface area contributed by atoms with Gasteiger partial charge in [0.2, 0.25) is 10.0 Å². The van der Waals surface area contributed by atoms with Crippen LogP contribution >= 0.6 is 0 Å². The zero-order valence-electron chi connectivity index (χ0n) is 22.0. The summed E-state index contributed by atoms with van der Waals surface area (Å²) in [5, 5.41) is 10.9. The predicted molar refractivity (Wildman–Crippen MR) is 150 cm³/mol. The van der Waals surface area contributed by atoms with Crippen molar-refractivity contribution in [2.24, 2.45) is 0 Å². The number of ether oxygens (including phenoxy) is 2. The molecule has 9 heteroatoms. The Hall–Kier alpha value is -4.26. The minimum atomic E-state index is -4.12. The number of aromatic nitrogens is 1. The van der Waals surface area contributed by atoms with E-state index in [2.05, 4.69) is 21.1 Å². The molecule has 4 rings (SSSR count). The minimum Gasteiger partial charge on any atom is -0.497 e. The van der Waals surface area contributed by atoms with Gasteiger partial charge >= 0.3 is 5.97 Å². The summed E-state index contributed by atoms with van der Waals surface area (Å²) in [6.07, 6.45) is -0.0249. The SMILES string of the molecule is CC#CCOc1ccc(S(=O)(=O)N[C@@H](Cc2c(C)n(Cc3cccc(OC)c3)c3ccccc23)C(=O)O)cc1. The van der Waals surface area contributed by atoms with Crippen LogP contribution < -0.4 is 14.2 Å². The molecule has 0 saturated heterocycles. The normalized spacial score (nSPS) is 12.0. The van der Waals surface area contributed by atoms with Gasteiger partial charge in [-0.1, -0.05) is 36.3 Å². The van der Waals surface area contributed by atoms with Crippen LogP contribution in [0.4, 0.5) is 0 Å². The molecule has 3 aromatic carbocycles. The molecule has 4 aromatic rings. The maximum absolute atomic E-state index is 13.1. The Labute approximate surface area is 228 Å². The Morgan fingerprint density at radius 3 is 2.49 bits per heavy atom. The maximum Gasteiger partial charge on any atom is 0.322 e. The first-order valence-electron chi connectivity index (χ1n) is 12.3.